The molecule has 1 aromatic rings. The fraction of sp³-hybridized carbons (Fsp3) is 0.500. The molecule has 0 aromatic heterocycles. The van der Waals surface area contributed by atoms with Gasteiger partial charge in [-0.1, -0.05) is 18.2 Å². The molecule has 0 aliphatic carbocycles. The van der Waals surface area contributed by atoms with E-state index in [1.807, 2.05) is 13.0 Å². The first-order valence-electron chi connectivity index (χ1n) is 7.81. The van der Waals surface area contributed by atoms with Gasteiger partial charge in [-0.2, -0.15) is 0 Å². The zero-order valence-corrected chi connectivity index (χ0v) is 15.8. The number of aryl methyl sites for hydroxylation is 1. The zero-order chi connectivity index (χ0) is 16.5. The third-order valence-corrected chi connectivity index (χ3v) is 4.23. The molecule has 0 unspecified atom stereocenters. The van der Waals surface area contributed by atoms with E-state index in [1.165, 1.54) is 0 Å². The van der Waals surface area contributed by atoms with E-state index in [2.05, 4.69) is 58.6 Å². The first kappa shape index (κ1) is 16.8. The van der Waals surface area contributed by atoms with Gasteiger partial charge in [0.05, 0.1) is 11.1 Å². The maximum atomic E-state index is 6.27. The molecule has 0 N–H and O–H groups in total. The van der Waals surface area contributed by atoms with Crippen LogP contribution in [-0.2, 0) is 9.16 Å². The third-order valence-electron chi connectivity index (χ3n) is 3.40. The van der Waals surface area contributed by atoms with Crippen LogP contribution in [0.25, 0.3) is 5.76 Å². The lowest BCUT2D eigenvalue weighted by Gasteiger charge is -2.24. The van der Waals surface area contributed by atoms with Crippen LogP contribution in [0.3, 0.4) is 0 Å². The average molecular weight is 318 g/mol. The predicted molar refractivity (Wildman–Crippen MR) is 95.8 cm³/mol. The topological polar surface area (TPSA) is 30.8 Å². The normalized spacial score (nSPS) is 18.0. The first-order valence-corrected chi connectivity index (χ1v) is 11.2. The molecule has 2 rings (SSSR count). The van der Waals surface area contributed by atoms with Crippen molar-refractivity contribution < 1.29 is 9.16 Å². The van der Waals surface area contributed by atoms with Gasteiger partial charge in [0, 0.05) is 5.56 Å². The van der Waals surface area contributed by atoms with Gasteiger partial charge in [-0.05, 0) is 59.0 Å². The minimum Gasteiger partial charge on any atom is -0.544 e. The zero-order valence-electron chi connectivity index (χ0n) is 14.8. The van der Waals surface area contributed by atoms with E-state index >= 15 is 0 Å². The van der Waals surface area contributed by atoms with Gasteiger partial charge in [0.2, 0.25) is 14.2 Å². The number of hydrogen-bond donors (Lipinski definition) is 0. The molecule has 0 spiro atoms. The Bertz CT molecular complexity index is 624. The Morgan fingerprint density at radius 2 is 2.00 bits per heavy atom. The lowest BCUT2D eigenvalue weighted by atomic mass is 10.00. The third kappa shape index (κ3) is 3.80. The van der Waals surface area contributed by atoms with Crippen LogP contribution < -0.4 is 0 Å². The van der Waals surface area contributed by atoms with Crippen LogP contribution in [0.4, 0.5) is 0 Å². The Morgan fingerprint density at radius 1 is 1.32 bits per heavy atom. The molecule has 22 heavy (non-hydrogen) atoms. The number of ether oxygens (including phenoxy) is 1. The molecule has 1 heterocycles. The standard InChI is InChI=1S/C18H27NO2Si/c1-8-15(21-22(5,6)7)14-11-9-10-13(2)16(14)17-19-18(3,4)12-20-17/h8-11H,12H2,1-7H3/b15-8+. The lowest BCUT2D eigenvalue weighted by Crippen LogP contribution is -2.25. The average Bonchev–Trinajstić information content (AvgIpc) is 2.74. The molecule has 1 aliphatic rings. The molecule has 0 bridgehead atoms. The van der Waals surface area contributed by atoms with Crippen LogP contribution in [0, 0.1) is 6.92 Å². The van der Waals surface area contributed by atoms with Gasteiger partial charge >= 0.3 is 0 Å². The molecule has 0 atom stereocenters. The number of benzene rings is 1. The summed E-state index contributed by atoms with van der Waals surface area (Å²) >= 11 is 0. The summed E-state index contributed by atoms with van der Waals surface area (Å²) in [5.41, 5.74) is 3.12. The molecule has 3 nitrogen and oxygen atoms in total. The van der Waals surface area contributed by atoms with Crippen LogP contribution >= 0.6 is 0 Å². The van der Waals surface area contributed by atoms with Crippen molar-refractivity contribution >= 4 is 20.0 Å². The summed E-state index contributed by atoms with van der Waals surface area (Å²) in [5.74, 6) is 1.66. The molecule has 0 amide bonds. The number of hydrogen-bond acceptors (Lipinski definition) is 3. The Kier molecular flexibility index (Phi) is 4.52. The Labute approximate surface area is 135 Å². The summed E-state index contributed by atoms with van der Waals surface area (Å²) in [7, 11) is -1.68. The van der Waals surface area contributed by atoms with E-state index in [4.69, 9.17) is 14.2 Å². The highest BCUT2D eigenvalue weighted by atomic mass is 28.4. The van der Waals surface area contributed by atoms with Crippen molar-refractivity contribution in [2.75, 3.05) is 6.61 Å². The summed E-state index contributed by atoms with van der Waals surface area (Å²) in [6, 6.07) is 6.25. The van der Waals surface area contributed by atoms with E-state index in [-0.39, 0.29) is 5.54 Å². The predicted octanol–water partition coefficient (Wildman–Crippen LogP) is 4.76. The van der Waals surface area contributed by atoms with Crippen molar-refractivity contribution in [2.45, 2.75) is 52.9 Å². The molecule has 4 heteroatoms. The van der Waals surface area contributed by atoms with Crippen LogP contribution in [0.5, 0.6) is 0 Å². The second-order valence-electron chi connectivity index (χ2n) is 7.38. The summed E-state index contributed by atoms with van der Waals surface area (Å²) in [4.78, 5) is 4.75. The number of aliphatic imine (C=N–C) groups is 1. The van der Waals surface area contributed by atoms with Crippen LogP contribution in [0.2, 0.25) is 19.6 Å². The van der Waals surface area contributed by atoms with Crippen LogP contribution in [-0.4, -0.2) is 26.4 Å². The Balaban J connectivity index is 2.52. The van der Waals surface area contributed by atoms with Gasteiger partial charge in [0.25, 0.3) is 0 Å². The van der Waals surface area contributed by atoms with E-state index in [0.717, 1.165) is 28.3 Å². The Hall–Kier alpha value is -1.55. The van der Waals surface area contributed by atoms with Crippen LogP contribution in [0.15, 0.2) is 29.3 Å². The first-order chi connectivity index (χ1) is 10.1. The molecule has 120 valence electrons. The Morgan fingerprint density at radius 3 is 2.50 bits per heavy atom. The second kappa shape index (κ2) is 5.92. The van der Waals surface area contributed by atoms with Gasteiger partial charge in [-0.3, -0.25) is 0 Å². The molecular weight excluding hydrogens is 290 g/mol. The second-order valence-corrected chi connectivity index (χ2v) is 11.8. The van der Waals surface area contributed by atoms with E-state index < -0.39 is 8.32 Å². The molecule has 0 saturated carbocycles. The SMILES string of the molecule is C/C=C(/O[Si](C)(C)C)c1cccc(C)c1C1=NC(C)(C)CO1. The van der Waals surface area contributed by atoms with Gasteiger partial charge in [-0.15, -0.1) is 0 Å². The number of allylic oxidation sites excluding steroid dienone is 1. The van der Waals surface area contributed by atoms with Gasteiger partial charge in [0.15, 0.2) is 0 Å². The fourth-order valence-electron chi connectivity index (χ4n) is 2.47. The smallest absolute Gasteiger partial charge is 0.242 e. The largest absolute Gasteiger partial charge is 0.544 e. The van der Waals surface area contributed by atoms with E-state index in [0.29, 0.717) is 6.61 Å². The summed E-state index contributed by atoms with van der Waals surface area (Å²) in [5, 5.41) is 0. The van der Waals surface area contributed by atoms with Crippen LogP contribution in [0.1, 0.15) is 37.5 Å². The van der Waals surface area contributed by atoms with Gasteiger partial charge in [0.1, 0.15) is 12.4 Å². The summed E-state index contributed by atoms with van der Waals surface area (Å²) in [6.45, 7) is 15.5. The number of rotatable bonds is 4. The van der Waals surface area contributed by atoms with Gasteiger partial charge < -0.3 is 9.16 Å². The lowest BCUT2D eigenvalue weighted by molar-refractivity contribution is 0.279. The van der Waals surface area contributed by atoms with E-state index in [1.54, 1.807) is 0 Å². The molecule has 0 saturated heterocycles. The molecule has 1 aromatic carbocycles. The van der Waals surface area contributed by atoms with Crippen molar-refractivity contribution in [3.05, 3.63) is 41.0 Å². The molecule has 0 radical (unpaired) electrons. The summed E-state index contributed by atoms with van der Waals surface area (Å²) in [6.07, 6.45) is 2.04. The van der Waals surface area contributed by atoms with Gasteiger partial charge in [-0.25, -0.2) is 4.99 Å². The monoisotopic (exact) mass is 317 g/mol. The number of nitrogens with zero attached hydrogens (tertiary/aromatic N) is 1. The fourth-order valence-corrected chi connectivity index (χ4v) is 3.36. The minimum absolute atomic E-state index is 0.162. The van der Waals surface area contributed by atoms with Crippen molar-refractivity contribution in [1.29, 1.82) is 0 Å². The van der Waals surface area contributed by atoms with Crippen molar-refractivity contribution in [1.82, 2.24) is 0 Å². The van der Waals surface area contributed by atoms with Crippen molar-refractivity contribution in [2.24, 2.45) is 4.99 Å². The quantitative estimate of drug-likeness (QED) is 0.592. The molecule has 0 fully saturated rings. The highest BCUT2D eigenvalue weighted by Gasteiger charge is 2.30. The van der Waals surface area contributed by atoms with E-state index in [9.17, 15) is 0 Å². The summed E-state index contributed by atoms with van der Waals surface area (Å²) < 4.78 is 12.1. The maximum Gasteiger partial charge on any atom is 0.242 e. The highest BCUT2D eigenvalue weighted by Crippen LogP contribution is 2.30. The van der Waals surface area contributed by atoms with Crippen molar-refractivity contribution in [3.8, 4) is 0 Å². The maximum absolute atomic E-state index is 6.27. The van der Waals surface area contributed by atoms with Crippen molar-refractivity contribution in [3.63, 3.8) is 0 Å². The highest BCUT2D eigenvalue weighted by molar-refractivity contribution is 6.70. The molecular formula is C18H27NO2Si. The minimum atomic E-state index is -1.68. The molecule has 1 aliphatic heterocycles.